The maximum atomic E-state index is 5.81. The van der Waals surface area contributed by atoms with Crippen LogP contribution in [-0.2, 0) is 13.6 Å². The average Bonchev–Trinajstić information content (AvgIpc) is 2.74. The molecule has 106 valence electrons. The van der Waals surface area contributed by atoms with Gasteiger partial charge >= 0.3 is 0 Å². The summed E-state index contributed by atoms with van der Waals surface area (Å²) in [4.78, 5) is 4.24. The Morgan fingerprint density at radius 3 is 3.20 bits per heavy atom. The Bertz CT molecular complexity index is 599. The molecule has 1 aromatic heterocycles. The van der Waals surface area contributed by atoms with Gasteiger partial charge in [-0.05, 0) is 25.0 Å². The highest BCUT2D eigenvalue weighted by atomic mass is 79.9. The van der Waals surface area contributed by atoms with E-state index in [1.54, 1.807) is 11.0 Å². The smallest absolute Gasteiger partial charge is 0.164 e. The Balaban J connectivity index is 1.76. The highest BCUT2D eigenvalue weighted by molar-refractivity contribution is 9.10. The zero-order valence-electron chi connectivity index (χ0n) is 11.3. The number of hydrogen-bond acceptors (Lipinski definition) is 4. The van der Waals surface area contributed by atoms with E-state index < -0.39 is 0 Å². The van der Waals surface area contributed by atoms with Gasteiger partial charge in [0.05, 0.1) is 13.2 Å². The van der Waals surface area contributed by atoms with Crippen LogP contribution in [0.5, 0.6) is 5.75 Å². The van der Waals surface area contributed by atoms with Crippen LogP contribution in [0, 0.1) is 0 Å². The number of nitrogens with one attached hydrogen (secondary N) is 1. The fourth-order valence-corrected chi connectivity index (χ4v) is 2.78. The Morgan fingerprint density at radius 2 is 2.40 bits per heavy atom. The Morgan fingerprint density at radius 1 is 1.50 bits per heavy atom. The van der Waals surface area contributed by atoms with Gasteiger partial charge in [0.2, 0.25) is 0 Å². The van der Waals surface area contributed by atoms with E-state index in [1.807, 2.05) is 13.1 Å². The van der Waals surface area contributed by atoms with Gasteiger partial charge in [-0.1, -0.05) is 22.0 Å². The minimum Gasteiger partial charge on any atom is -0.493 e. The lowest BCUT2D eigenvalue weighted by molar-refractivity contribution is 0.315. The fraction of sp³-hybridized carbons (Fsp3) is 0.429. The van der Waals surface area contributed by atoms with Crippen LogP contribution in [0.3, 0.4) is 0 Å². The van der Waals surface area contributed by atoms with Crippen molar-refractivity contribution in [3.05, 3.63) is 40.4 Å². The second-order valence-corrected chi connectivity index (χ2v) is 5.86. The zero-order chi connectivity index (χ0) is 13.9. The molecule has 1 aliphatic rings. The number of hydrogen-bond donors (Lipinski definition) is 1. The molecule has 0 fully saturated rings. The van der Waals surface area contributed by atoms with E-state index in [0.717, 1.165) is 35.5 Å². The Hall–Kier alpha value is -1.40. The summed E-state index contributed by atoms with van der Waals surface area (Å²) >= 11 is 3.49. The van der Waals surface area contributed by atoms with Crippen molar-refractivity contribution in [3.8, 4) is 5.75 Å². The molecule has 0 spiro atoms. The van der Waals surface area contributed by atoms with Crippen molar-refractivity contribution in [2.24, 2.45) is 7.05 Å². The average molecular weight is 337 g/mol. The third kappa shape index (κ3) is 3.02. The molecule has 0 amide bonds. The summed E-state index contributed by atoms with van der Waals surface area (Å²) < 4.78 is 8.58. The molecule has 1 N–H and O–H groups in total. The molecule has 0 saturated heterocycles. The number of halogens is 1. The van der Waals surface area contributed by atoms with Crippen LogP contribution in [0.1, 0.15) is 30.3 Å². The van der Waals surface area contributed by atoms with Gasteiger partial charge in [-0.3, -0.25) is 4.68 Å². The lowest BCUT2D eigenvalue weighted by Crippen LogP contribution is -2.21. The molecular formula is C14H17BrN4O. The van der Waals surface area contributed by atoms with Gasteiger partial charge in [-0.2, -0.15) is 5.10 Å². The van der Waals surface area contributed by atoms with Crippen molar-refractivity contribution in [1.29, 1.82) is 0 Å². The molecule has 6 heteroatoms. The summed E-state index contributed by atoms with van der Waals surface area (Å²) in [6.07, 6.45) is 3.82. The predicted molar refractivity (Wildman–Crippen MR) is 79.5 cm³/mol. The van der Waals surface area contributed by atoms with Crippen molar-refractivity contribution in [2.45, 2.75) is 25.4 Å². The number of aromatic nitrogens is 3. The number of rotatable bonds is 3. The largest absolute Gasteiger partial charge is 0.493 e. The van der Waals surface area contributed by atoms with Crippen LogP contribution >= 0.6 is 15.9 Å². The third-order valence-corrected chi connectivity index (χ3v) is 3.89. The molecule has 0 bridgehead atoms. The first-order valence-corrected chi connectivity index (χ1v) is 7.52. The van der Waals surface area contributed by atoms with Gasteiger partial charge in [0.25, 0.3) is 0 Å². The molecule has 5 nitrogen and oxygen atoms in total. The lowest BCUT2D eigenvalue weighted by Gasteiger charge is -2.17. The maximum absolute atomic E-state index is 5.81. The van der Waals surface area contributed by atoms with Gasteiger partial charge in [0.15, 0.2) is 5.82 Å². The minimum atomic E-state index is 0.282. The molecule has 0 aliphatic carbocycles. The van der Waals surface area contributed by atoms with E-state index in [4.69, 9.17) is 4.74 Å². The predicted octanol–water partition coefficient (Wildman–Crippen LogP) is 2.58. The monoisotopic (exact) mass is 336 g/mol. The first-order valence-electron chi connectivity index (χ1n) is 6.72. The van der Waals surface area contributed by atoms with Gasteiger partial charge in [0.1, 0.15) is 12.1 Å². The van der Waals surface area contributed by atoms with Gasteiger partial charge in [-0.25, -0.2) is 4.98 Å². The van der Waals surface area contributed by atoms with Crippen molar-refractivity contribution in [3.63, 3.8) is 0 Å². The van der Waals surface area contributed by atoms with Crippen LogP contribution in [-0.4, -0.2) is 21.4 Å². The number of fused-ring (bicyclic) bond motifs is 1. The number of nitrogens with zero attached hydrogens (tertiary/aromatic N) is 3. The molecule has 0 saturated carbocycles. The van der Waals surface area contributed by atoms with E-state index in [1.165, 1.54) is 5.56 Å². The summed E-state index contributed by atoms with van der Waals surface area (Å²) in [6, 6.07) is 6.49. The zero-order valence-corrected chi connectivity index (χ0v) is 12.9. The van der Waals surface area contributed by atoms with Crippen LogP contribution in [0.2, 0.25) is 0 Å². The van der Waals surface area contributed by atoms with E-state index in [2.05, 4.69) is 43.5 Å². The Labute approximate surface area is 126 Å². The quantitative estimate of drug-likeness (QED) is 0.935. The van der Waals surface area contributed by atoms with Crippen LogP contribution in [0.15, 0.2) is 29.0 Å². The fourth-order valence-electron chi connectivity index (χ4n) is 2.44. The summed E-state index contributed by atoms with van der Waals surface area (Å²) in [5, 5.41) is 7.83. The van der Waals surface area contributed by atoms with E-state index in [0.29, 0.717) is 6.54 Å². The Kier molecular flexibility index (Phi) is 4.03. The van der Waals surface area contributed by atoms with Gasteiger partial charge in [-0.15, -0.1) is 0 Å². The van der Waals surface area contributed by atoms with Crippen molar-refractivity contribution in [1.82, 2.24) is 20.1 Å². The van der Waals surface area contributed by atoms with E-state index in [9.17, 15) is 0 Å². The molecular weight excluding hydrogens is 320 g/mol. The standard InChI is InChI=1S/C14H17BrN4O/c1-19-9-17-14(18-19)8-16-12-3-2-6-20-13-7-10(15)4-5-11(12)13/h4-5,7,9,12,16H,2-3,6,8H2,1H3. The number of aryl methyl sites for hydroxylation is 1. The van der Waals surface area contributed by atoms with Crippen LogP contribution in [0.25, 0.3) is 0 Å². The summed E-state index contributed by atoms with van der Waals surface area (Å²) in [7, 11) is 1.88. The SMILES string of the molecule is Cn1cnc(CNC2CCCOc3cc(Br)ccc32)n1. The van der Waals surface area contributed by atoms with Crippen molar-refractivity contribution >= 4 is 15.9 Å². The summed E-state index contributed by atoms with van der Waals surface area (Å²) in [6.45, 7) is 1.44. The summed E-state index contributed by atoms with van der Waals surface area (Å²) in [5.41, 5.74) is 1.21. The topological polar surface area (TPSA) is 52.0 Å². The lowest BCUT2D eigenvalue weighted by atomic mass is 10.0. The molecule has 1 unspecified atom stereocenters. The van der Waals surface area contributed by atoms with Crippen molar-refractivity contribution < 1.29 is 4.74 Å². The molecule has 2 aromatic rings. The van der Waals surface area contributed by atoms with E-state index >= 15 is 0 Å². The second kappa shape index (κ2) is 5.93. The first kappa shape index (κ1) is 13.6. The molecule has 20 heavy (non-hydrogen) atoms. The molecule has 3 rings (SSSR count). The molecule has 0 radical (unpaired) electrons. The molecule has 1 aliphatic heterocycles. The second-order valence-electron chi connectivity index (χ2n) is 4.94. The van der Waals surface area contributed by atoms with Gasteiger partial charge < -0.3 is 10.1 Å². The first-order chi connectivity index (χ1) is 9.72. The van der Waals surface area contributed by atoms with E-state index in [-0.39, 0.29) is 6.04 Å². The highest BCUT2D eigenvalue weighted by Gasteiger charge is 2.19. The summed E-state index contributed by atoms with van der Waals surface area (Å²) in [5.74, 6) is 1.78. The van der Waals surface area contributed by atoms with Crippen molar-refractivity contribution in [2.75, 3.05) is 6.61 Å². The van der Waals surface area contributed by atoms with Crippen LogP contribution < -0.4 is 10.1 Å². The van der Waals surface area contributed by atoms with Gasteiger partial charge in [0, 0.05) is 23.1 Å². The maximum Gasteiger partial charge on any atom is 0.164 e. The normalized spacial score (nSPS) is 18.2. The molecule has 1 aromatic carbocycles. The molecule has 1 atom stereocenters. The number of ether oxygens (including phenoxy) is 1. The van der Waals surface area contributed by atoms with Crippen LogP contribution in [0.4, 0.5) is 0 Å². The minimum absolute atomic E-state index is 0.282. The number of benzene rings is 1. The molecule has 2 heterocycles. The third-order valence-electron chi connectivity index (χ3n) is 3.40. The highest BCUT2D eigenvalue weighted by Crippen LogP contribution is 2.33.